The lowest BCUT2D eigenvalue weighted by Crippen LogP contribution is -2.22. The summed E-state index contributed by atoms with van der Waals surface area (Å²) in [6, 6.07) is 9.57. The molecule has 26 heavy (non-hydrogen) atoms. The summed E-state index contributed by atoms with van der Waals surface area (Å²) in [4.78, 5) is 0.219. The highest BCUT2D eigenvalue weighted by Crippen LogP contribution is 2.38. The van der Waals surface area contributed by atoms with Crippen LogP contribution in [0.25, 0.3) is 11.0 Å². The Hall–Kier alpha value is -2.35. The Kier molecular flexibility index (Phi) is 4.22. The molecular formula is C19H19NO5S. The molecule has 0 unspecified atom stereocenters. The highest BCUT2D eigenvalue weighted by molar-refractivity contribution is 7.91. The van der Waals surface area contributed by atoms with Gasteiger partial charge in [0.05, 0.1) is 23.5 Å². The molecule has 136 valence electrons. The number of hydrogen-bond donors (Lipinski definition) is 2. The van der Waals surface area contributed by atoms with E-state index in [0.29, 0.717) is 23.4 Å². The van der Waals surface area contributed by atoms with Gasteiger partial charge in [-0.05, 0) is 17.7 Å². The maximum absolute atomic E-state index is 13.2. The van der Waals surface area contributed by atoms with Gasteiger partial charge in [0.1, 0.15) is 5.76 Å². The fourth-order valence-corrected chi connectivity index (χ4v) is 4.91. The van der Waals surface area contributed by atoms with E-state index in [-0.39, 0.29) is 16.4 Å². The van der Waals surface area contributed by atoms with Crippen molar-refractivity contribution in [1.82, 2.24) is 5.32 Å². The summed E-state index contributed by atoms with van der Waals surface area (Å²) in [7, 11) is -2.32. The standard InChI is InChI=1S/C19H19NO5S/c1-24-17-9-13(26(22,23)18-5-3-2-4-12(18)11-21)8-14-15-10-20-7-6-16(15)25-19(14)17/h2-5,8-9,20-21H,6-7,10-11H2,1H3. The second-order valence-electron chi connectivity index (χ2n) is 6.20. The predicted molar refractivity (Wildman–Crippen MR) is 96.0 cm³/mol. The maximum atomic E-state index is 13.2. The van der Waals surface area contributed by atoms with Crippen molar-refractivity contribution >= 4 is 20.8 Å². The van der Waals surface area contributed by atoms with Gasteiger partial charge in [-0.15, -0.1) is 0 Å². The molecule has 3 aromatic rings. The van der Waals surface area contributed by atoms with Gasteiger partial charge in [0.15, 0.2) is 11.3 Å². The minimum Gasteiger partial charge on any atom is -0.493 e. The summed E-state index contributed by atoms with van der Waals surface area (Å²) in [5, 5.41) is 13.5. The maximum Gasteiger partial charge on any atom is 0.207 e. The number of rotatable bonds is 4. The largest absolute Gasteiger partial charge is 0.493 e. The molecule has 0 saturated heterocycles. The fraction of sp³-hybridized carbons (Fsp3) is 0.263. The third-order valence-electron chi connectivity index (χ3n) is 4.71. The average molecular weight is 373 g/mol. The highest BCUT2D eigenvalue weighted by Gasteiger charge is 2.26. The first-order valence-electron chi connectivity index (χ1n) is 8.33. The first-order valence-corrected chi connectivity index (χ1v) is 9.81. The van der Waals surface area contributed by atoms with E-state index >= 15 is 0 Å². The molecule has 0 radical (unpaired) electrons. The van der Waals surface area contributed by atoms with Crippen molar-refractivity contribution < 1.29 is 22.7 Å². The molecule has 1 aromatic heterocycles. The summed E-state index contributed by atoms with van der Waals surface area (Å²) >= 11 is 0. The number of sulfone groups is 1. The molecule has 0 aliphatic carbocycles. The van der Waals surface area contributed by atoms with Gasteiger partial charge in [-0.3, -0.25) is 0 Å². The van der Waals surface area contributed by atoms with Gasteiger partial charge >= 0.3 is 0 Å². The number of methoxy groups -OCH3 is 1. The van der Waals surface area contributed by atoms with Crippen LogP contribution in [0, 0.1) is 0 Å². The Morgan fingerprint density at radius 2 is 2.08 bits per heavy atom. The molecule has 0 fully saturated rings. The zero-order chi connectivity index (χ0) is 18.3. The lowest BCUT2D eigenvalue weighted by Gasteiger charge is -2.12. The lowest BCUT2D eigenvalue weighted by atomic mass is 10.1. The predicted octanol–water partition coefficient (Wildman–Crippen LogP) is 2.41. The number of hydrogen-bond acceptors (Lipinski definition) is 6. The van der Waals surface area contributed by atoms with Crippen molar-refractivity contribution in [3.8, 4) is 5.75 Å². The quantitative estimate of drug-likeness (QED) is 0.730. The third-order valence-corrected chi connectivity index (χ3v) is 6.54. The van der Waals surface area contributed by atoms with E-state index in [0.717, 1.165) is 29.7 Å². The molecule has 0 spiro atoms. The zero-order valence-corrected chi connectivity index (χ0v) is 15.1. The van der Waals surface area contributed by atoms with Crippen LogP contribution in [0.15, 0.2) is 50.6 Å². The third kappa shape index (κ3) is 2.59. The average Bonchev–Trinajstić information content (AvgIpc) is 3.06. The van der Waals surface area contributed by atoms with E-state index in [2.05, 4.69) is 5.32 Å². The van der Waals surface area contributed by atoms with Gasteiger partial charge in [0.2, 0.25) is 9.84 Å². The Labute approximate surface area is 151 Å². The monoisotopic (exact) mass is 373 g/mol. The van der Waals surface area contributed by atoms with Crippen LogP contribution in [-0.4, -0.2) is 27.2 Å². The molecule has 1 aliphatic heterocycles. The number of nitrogens with one attached hydrogen (secondary N) is 1. The van der Waals surface area contributed by atoms with Crippen molar-refractivity contribution in [3.05, 3.63) is 53.3 Å². The Morgan fingerprint density at radius 3 is 2.85 bits per heavy atom. The van der Waals surface area contributed by atoms with Gasteiger partial charge in [-0.1, -0.05) is 18.2 Å². The number of furan rings is 1. The van der Waals surface area contributed by atoms with Crippen LogP contribution in [0.1, 0.15) is 16.9 Å². The van der Waals surface area contributed by atoms with Gasteiger partial charge in [0.25, 0.3) is 0 Å². The van der Waals surface area contributed by atoms with Crippen molar-refractivity contribution in [2.75, 3.05) is 13.7 Å². The second kappa shape index (κ2) is 6.42. The number of fused-ring (bicyclic) bond motifs is 3. The van der Waals surface area contributed by atoms with E-state index in [9.17, 15) is 13.5 Å². The van der Waals surface area contributed by atoms with Gasteiger partial charge in [0, 0.05) is 36.5 Å². The summed E-state index contributed by atoms with van der Waals surface area (Å²) in [5.74, 6) is 1.25. The molecule has 7 heteroatoms. The lowest BCUT2D eigenvalue weighted by molar-refractivity contribution is 0.278. The first kappa shape index (κ1) is 17.1. The minimum absolute atomic E-state index is 0.0967. The second-order valence-corrected chi connectivity index (χ2v) is 8.12. The van der Waals surface area contributed by atoms with Crippen LogP contribution in [0.5, 0.6) is 5.75 Å². The zero-order valence-electron chi connectivity index (χ0n) is 14.3. The van der Waals surface area contributed by atoms with Gasteiger partial charge < -0.3 is 19.6 Å². The molecule has 0 amide bonds. The van der Waals surface area contributed by atoms with Crippen LogP contribution >= 0.6 is 0 Å². The fourth-order valence-electron chi connectivity index (χ4n) is 3.38. The number of aliphatic hydroxyl groups is 1. The van der Waals surface area contributed by atoms with Crippen LogP contribution in [0.4, 0.5) is 0 Å². The van der Waals surface area contributed by atoms with Gasteiger partial charge in [-0.25, -0.2) is 8.42 Å². The molecule has 0 bridgehead atoms. The molecule has 2 N–H and O–H groups in total. The van der Waals surface area contributed by atoms with E-state index < -0.39 is 9.84 Å². The number of benzene rings is 2. The Morgan fingerprint density at radius 1 is 1.27 bits per heavy atom. The van der Waals surface area contributed by atoms with Crippen LogP contribution in [0.3, 0.4) is 0 Å². The Bertz CT molecular complexity index is 1080. The molecular weight excluding hydrogens is 354 g/mol. The SMILES string of the molecule is COc1cc(S(=O)(=O)c2ccccc2CO)cc2c3c(oc12)CCNC3. The molecule has 0 atom stereocenters. The summed E-state index contributed by atoms with van der Waals surface area (Å²) in [6.07, 6.45) is 0.753. The van der Waals surface area contributed by atoms with Crippen LogP contribution < -0.4 is 10.1 Å². The molecule has 2 aromatic carbocycles. The van der Waals surface area contributed by atoms with Crippen molar-refractivity contribution in [1.29, 1.82) is 0 Å². The highest BCUT2D eigenvalue weighted by atomic mass is 32.2. The molecule has 4 rings (SSSR count). The Balaban J connectivity index is 1.97. The van der Waals surface area contributed by atoms with Crippen LogP contribution in [-0.2, 0) is 29.4 Å². The molecule has 6 nitrogen and oxygen atoms in total. The van der Waals surface area contributed by atoms with E-state index in [1.165, 1.54) is 19.2 Å². The molecule has 2 heterocycles. The summed E-state index contributed by atoms with van der Waals surface area (Å²) in [5.41, 5.74) is 1.90. The molecule has 0 saturated carbocycles. The first-order chi connectivity index (χ1) is 12.6. The van der Waals surface area contributed by atoms with E-state index in [1.54, 1.807) is 24.3 Å². The topological polar surface area (TPSA) is 88.8 Å². The molecule has 1 aliphatic rings. The number of ether oxygens (including phenoxy) is 1. The van der Waals surface area contributed by atoms with E-state index in [4.69, 9.17) is 9.15 Å². The smallest absolute Gasteiger partial charge is 0.207 e. The van der Waals surface area contributed by atoms with Crippen molar-refractivity contribution in [2.45, 2.75) is 29.4 Å². The summed E-state index contributed by atoms with van der Waals surface area (Å²) < 4.78 is 37.7. The minimum atomic E-state index is -3.81. The number of aliphatic hydroxyl groups excluding tert-OH is 1. The normalized spacial score (nSPS) is 14.4. The van der Waals surface area contributed by atoms with Gasteiger partial charge in [-0.2, -0.15) is 0 Å². The summed E-state index contributed by atoms with van der Waals surface area (Å²) in [6.45, 7) is 1.10. The van der Waals surface area contributed by atoms with Crippen molar-refractivity contribution in [3.63, 3.8) is 0 Å². The van der Waals surface area contributed by atoms with Crippen LogP contribution in [0.2, 0.25) is 0 Å². The van der Waals surface area contributed by atoms with E-state index in [1.807, 2.05) is 0 Å². The van der Waals surface area contributed by atoms with Crippen molar-refractivity contribution in [2.24, 2.45) is 0 Å².